The highest BCUT2D eigenvalue weighted by Gasteiger charge is 2.42. The number of benzene rings is 1. The minimum Gasteiger partial charge on any atom is -0.399 e. The molecule has 2 aliphatic carbocycles. The fraction of sp³-hybridized carbons (Fsp3) is 0.632. The van der Waals surface area contributed by atoms with Crippen LogP contribution in [-0.4, -0.2) is 23.4 Å². The molecule has 3 nitrogen and oxygen atoms in total. The van der Waals surface area contributed by atoms with Gasteiger partial charge >= 0.3 is 0 Å². The molecular formula is C19H26N2O. The Bertz CT molecular complexity index is 570. The summed E-state index contributed by atoms with van der Waals surface area (Å²) in [5.41, 5.74) is 7.26. The fourth-order valence-corrected chi connectivity index (χ4v) is 5.20. The first-order chi connectivity index (χ1) is 10.7. The zero-order valence-electron chi connectivity index (χ0n) is 13.2. The van der Waals surface area contributed by atoms with Gasteiger partial charge in [0.2, 0.25) is 0 Å². The van der Waals surface area contributed by atoms with E-state index in [-0.39, 0.29) is 5.91 Å². The number of carbonyl (C=O) groups excluding carboxylic acids is 1. The molecule has 3 heteroatoms. The van der Waals surface area contributed by atoms with Crippen molar-refractivity contribution < 1.29 is 4.79 Å². The van der Waals surface area contributed by atoms with Crippen LogP contribution in [-0.2, 0) is 0 Å². The summed E-state index contributed by atoms with van der Waals surface area (Å²) in [6.07, 6.45) is 9.34. The fourth-order valence-electron chi connectivity index (χ4n) is 5.20. The minimum atomic E-state index is 0.179. The number of likely N-dealkylation sites (tertiary alicyclic amines) is 1. The molecule has 3 fully saturated rings. The van der Waals surface area contributed by atoms with Crippen molar-refractivity contribution >= 4 is 11.6 Å². The van der Waals surface area contributed by atoms with E-state index < -0.39 is 0 Å². The average Bonchev–Trinajstić information content (AvgIpc) is 3.23. The van der Waals surface area contributed by atoms with Gasteiger partial charge in [0.05, 0.1) is 0 Å². The van der Waals surface area contributed by atoms with Gasteiger partial charge in [0.15, 0.2) is 0 Å². The predicted octanol–water partition coefficient (Wildman–Crippen LogP) is 3.70. The van der Waals surface area contributed by atoms with Crippen LogP contribution in [0.1, 0.15) is 55.3 Å². The maximum absolute atomic E-state index is 12.8. The van der Waals surface area contributed by atoms with Crippen LogP contribution in [0.5, 0.6) is 0 Å². The Morgan fingerprint density at radius 3 is 2.86 bits per heavy atom. The standard InChI is InChI=1S/C19H26N2O/c20-17-4-1-3-15(11-17)19(22)21-8-2-5-18(21)12-16-10-13-6-7-14(16)9-13/h1,3-4,11,13-14,16,18H,2,5-10,12,20H2. The lowest BCUT2D eigenvalue weighted by molar-refractivity contribution is 0.0708. The normalized spacial score (nSPS) is 33.5. The third kappa shape index (κ3) is 2.51. The van der Waals surface area contributed by atoms with Crippen LogP contribution < -0.4 is 5.73 Å². The van der Waals surface area contributed by atoms with E-state index >= 15 is 0 Å². The van der Waals surface area contributed by atoms with Crippen molar-refractivity contribution in [1.82, 2.24) is 4.90 Å². The molecule has 0 radical (unpaired) electrons. The summed E-state index contributed by atoms with van der Waals surface area (Å²) in [5.74, 6) is 3.00. The van der Waals surface area contributed by atoms with Gasteiger partial charge in [-0.3, -0.25) is 4.79 Å². The Kier molecular flexibility index (Phi) is 3.59. The van der Waals surface area contributed by atoms with Gasteiger partial charge < -0.3 is 10.6 Å². The van der Waals surface area contributed by atoms with Crippen LogP contribution in [0.15, 0.2) is 24.3 Å². The Hall–Kier alpha value is -1.51. The Labute approximate surface area is 132 Å². The molecule has 1 saturated heterocycles. The lowest BCUT2D eigenvalue weighted by atomic mass is 9.83. The summed E-state index contributed by atoms with van der Waals surface area (Å²) < 4.78 is 0. The zero-order valence-corrected chi connectivity index (χ0v) is 13.2. The molecule has 2 saturated carbocycles. The van der Waals surface area contributed by atoms with Crippen molar-refractivity contribution in [3.05, 3.63) is 29.8 Å². The number of carbonyl (C=O) groups is 1. The Balaban J connectivity index is 1.45. The number of fused-ring (bicyclic) bond motifs is 2. The second-order valence-corrected chi connectivity index (χ2v) is 7.59. The highest BCUT2D eigenvalue weighted by Crippen LogP contribution is 2.50. The average molecular weight is 298 g/mol. The highest BCUT2D eigenvalue weighted by molar-refractivity contribution is 5.95. The van der Waals surface area contributed by atoms with Crippen molar-refractivity contribution in [2.45, 2.75) is 51.0 Å². The molecule has 1 aromatic rings. The second kappa shape index (κ2) is 5.60. The predicted molar refractivity (Wildman–Crippen MR) is 88.5 cm³/mol. The third-order valence-electron chi connectivity index (χ3n) is 6.23. The number of nitrogen functional groups attached to an aromatic ring is 1. The molecule has 118 valence electrons. The molecule has 2 bridgehead atoms. The summed E-state index contributed by atoms with van der Waals surface area (Å²) in [6, 6.07) is 7.89. The molecular weight excluding hydrogens is 272 g/mol. The van der Waals surface area contributed by atoms with E-state index in [1.54, 1.807) is 0 Å². The van der Waals surface area contributed by atoms with Gasteiger partial charge in [0.25, 0.3) is 5.91 Å². The number of hydrogen-bond donors (Lipinski definition) is 1. The summed E-state index contributed by atoms with van der Waals surface area (Å²) >= 11 is 0. The maximum atomic E-state index is 12.8. The lowest BCUT2D eigenvalue weighted by Gasteiger charge is -2.30. The first kappa shape index (κ1) is 14.1. The number of anilines is 1. The number of nitrogens with two attached hydrogens (primary N) is 1. The summed E-state index contributed by atoms with van der Waals surface area (Å²) in [4.78, 5) is 14.9. The monoisotopic (exact) mass is 298 g/mol. The molecule has 0 spiro atoms. The van der Waals surface area contributed by atoms with Crippen LogP contribution in [0.25, 0.3) is 0 Å². The largest absolute Gasteiger partial charge is 0.399 e. The van der Waals surface area contributed by atoms with Gasteiger partial charge in [-0.15, -0.1) is 0 Å². The van der Waals surface area contributed by atoms with Crippen molar-refractivity contribution in [3.63, 3.8) is 0 Å². The number of nitrogens with zero attached hydrogens (tertiary/aromatic N) is 1. The van der Waals surface area contributed by atoms with E-state index in [1.165, 1.54) is 38.5 Å². The smallest absolute Gasteiger partial charge is 0.254 e. The molecule has 3 aliphatic rings. The molecule has 1 aromatic carbocycles. The number of amides is 1. The van der Waals surface area contributed by atoms with Gasteiger partial charge in [0.1, 0.15) is 0 Å². The van der Waals surface area contributed by atoms with E-state index in [0.29, 0.717) is 11.7 Å². The number of rotatable bonds is 3. The van der Waals surface area contributed by atoms with Crippen LogP contribution in [0.4, 0.5) is 5.69 Å². The molecule has 4 rings (SSSR count). The van der Waals surface area contributed by atoms with E-state index in [9.17, 15) is 4.79 Å². The van der Waals surface area contributed by atoms with E-state index in [0.717, 1.165) is 36.3 Å². The van der Waals surface area contributed by atoms with E-state index in [2.05, 4.69) is 4.90 Å². The molecule has 2 N–H and O–H groups in total. The number of hydrogen-bond acceptors (Lipinski definition) is 2. The molecule has 4 atom stereocenters. The van der Waals surface area contributed by atoms with Gasteiger partial charge in [-0.1, -0.05) is 12.5 Å². The maximum Gasteiger partial charge on any atom is 0.254 e. The molecule has 0 aromatic heterocycles. The molecule has 1 amide bonds. The highest BCUT2D eigenvalue weighted by atomic mass is 16.2. The van der Waals surface area contributed by atoms with Crippen LogP contribution >= 0.6 is 0 Å². The van der Waals surface area contributed by atoms with Crippen molar-refractivity contribution in [3.8, 4) is 0 Å². The zero-order chi connectivity index (χ0) is 15.1. The molecule has 1 heterocycles. The topological polar surface area (TPSA) is 46.3 Å². The first-order valence-electron chi connectivity index (χ1n) is 8.87. The molecule has 1 aliphatic heterocycles. The summed E-state index contributed by atoms with van der Waals surface area (Å²) in [6.45, 7) is 0.916. The van der Waals surface area contributed by atoms with Gasteiger partial charge in [0, 0.05) is 23.8 Å². The van der Waals surface area contributed by atoms with Gasteiger partial charge in [-0.05, 0) is 74.5 Å². The Morgan fingerprint density at radius 2 is 2.14 bits per heavy atom. The first-order valence-corrected chi connectivity index (χ1v) is 8.87. The quantitative estimate of drug-likeness (QED) is 0.865. The lowest BCUT2D eigenvalue weighted by Crippen LogP contribution is -2.37. The summed E-state index contributed by atoms with van der Waals surface area (Å²) in [7, 11) is 0. The molecule has 22 heavy (non-hydrogen) atoms. The molecule has 4 unspecified atom stereocenters. The van der Waals surface area contributed by atoms with Crippen molar-refractivity contribution in [1.29, 1.82) is 0 Å². The van der Waals surface area contributed by atoms with E-state index in [1.807, 2.05) is 24.3 Å². The minimum absolute atomic E-state index is 0.179. The Morgan fingerprint density at radius 1 is 1.23 bits per heavy atom. The summed E-state index contributed by atoms with van der Waals surface area (Å²) in [5, 5.41) is 0. The van der Waals surface area contributed by atoms with Crippen molar-refractivity contribution in [2.75, 3.05) is 12.3 Å². The van der Waals surface area contributed by atoms with Gasteiger partial charge in [-0.2, -0.15) is 0 Å². The van der Waals surface area contributed by atoms with Crippen LogP contribution in [0.2, 0.25) is 0 Å². The van der Waals surface area contributed by atoms with Gasteiger partial charge in [-0.25, -0.2) is 0 Å². The van der Waals surface area contributed by atoms with E-state index in [4.69, 9.17) is 5.73 Å². The van der Waals surface area contributed by atoms with Crippen LogP contribution in [0.3, 0.4) is 0 Å². The van der Waals surface area contributed by atoms with Crippen LogP contribution in [0, 0.1) is 17.8 Å². The third-order valence-corrected chi connectivity index (χ3v) is 6.23. The SMILES string of the molecule is Nc1cccc(C(=O)N2CCCC2CC2CC3CCC2C3)c1. The second-order valence-electron chi connectivity index (χ2n) is 7.59. The van der Waals surface area contributed by atoms with Crippen molar-refractivity contribution in [2.24, 2.45) is 17.8 Å².